The van der Waals surface area contributed by atoms with Crippen molar-refractivity contribution in [3.05, 3.63) is 47.2 Å². The second-order valence-corrected chi connectivity index (χ2v) is 8.44. The molecule has 0 spiro atoms. The quantitative estimate of drug-likeness (QED) is 0.442. The molecular weight excluding hydrogens is 460 g/mol. The molecule has 4 rings (SSSR count). The molecule has 1 saturated heterocycles. The highest BCUT2D eigenvalue weighted by atomic mass is 79.9. The molecule has 1 aliphatic heterocycles. The van der Waals surface area contributed by atoms with Crippen LogP contribution in [0.4, 0.5) is 11.5 Å². The van der Waals surface area contributed by atoms with E-state index >= 15 is 0 Å². The highest BCUT2D eigenvalue weighted by molar-refractivity contribution is 9.10. The average Bonchev–Trinajstić information content (AvgIpc) is 3.24. The van der Waals surface area contributed by atoms with Crippen molar-refractivity contribution < 1.29 is 14.2 Å². The summed E-state index contributed by atoms with van der Waals surface area (Å²) in [6.45, 7) is 3.68. The number of hydrogen-bond acceptors (Lipinski definition) is 7. The van der Waals surface area contributed by atoms with Crippen molar-refractivity contribution in [2.75, 3.05) is 45.8 Å². The van der Waals surface area contributed by atoms with E-state index in [1.165, 1.54) is 0 Å². The van der Waals surface area contributed by atoms with Gasteiger partial charge in [-0.15, -0.1) is 0 Å². The number of likely N-dealkylation sites (tertiary alicyclic amines) is 1. The number of benzene rings is 2. The van der Waals surface area contributed by atoms with Crippen molar-refractivity contribution in [1.82, 2.24) is 14.9 Å². The van der Waals surface area contributed by atoms with E-state index in [2.05, 4.69) is 36.1 Å². The number of ether oxygens (including phenoxy) is 3. The number of rotatable bonds is 9. The molecule has 164 valence electrons. The van der Waals surface area contributed by atoms with Gasteiger partial charge in [-0.3, -0.25) is 0 Å². The van der Waals surface area contributed by atoms with Crippen molar-refractivity contribution in [1.29, 1.82) is 0 Å². The van der Waals surface area contributed by atoms with Gasteiger partial charge in [0.05, 0.1) is 25.3 Å². The largest absolute Gasteiger partial charge is 0.493 e. The average molecular weight is 487 g/mol. The normalized spacial score (nSPS) is 16.5. The van der Waals surface area contributed by atoms with Crippen LogP contribution in [-0.4, -0.2) is 61.4 Å². The molecule has 2 heterocycles. The van der Waals surface area contributed by atoms with Gasteiger partial charge in [0.1, 0.15) is 12.1 Å². The SMILES string of the molecule is COc1cc2ncnc(Nc3cccc(Br)c3)c2cc1OCCCN1CC[C@H](OC)C1. The highest BCUT2D eigenvalue weighted by Gasteiger charge is 2.21. The van der Waals surface area contributed by atoms with E-state index in [0.29, 0.717) is 24.2 Å². The van der Waals surface area contributed by atoms with Gasteiger partial charge in [-0.2, -0.15) is 0 Å². The minimum Gasteiger partial charge on any atom is -0.493 e. The lowest BCUT2D eigenvalue weighted by atomic mass is 10.2. The van der Waals surface area contributed by atoms with Crippen molar-refractivity contribution in [2.24, 2.45) is 0 Å². The zero-order valence-corrected chi connectivity index (χ0v) is 19.4. The Balaban J connectivity index is 1.47. The minimum absolute atomic E-state index is 0.359. The Labute approximate surface area is 190 Å². The number of halogens is 1. The standard InChI is InChI=1S/C23H27BrN4O3/c1-29-18-7-9-28(14-18)8-4-10-31-22-12-19-20(13-21(22)30-2)25-15-26-23(19)27-17-6-3-5-16(24)11-17/h3,5-6,11-13,15,18H,4,7-10,14H2,1-2H3,(H,25,26,27)/t18-/m0/s1. The summed E-state index contributed by atoms with van der Waals surface area (Å²) in [5.74, 6) is 2.08. The summed E-state index contributed by atoms with van der Waals surface area (Å²) in [6, 6.07) is 11.8. The Bertz CT molecular complexity index is 1030. The first-order chi connectivity index (χ1) is 15.2. The second kappa shape index (κ2) is 10.3. The summed E-state index contributed by atoms with van der Waals surface area (Å²) < 4.78 is 18.1. The Morgan fingerprint density at radius 1 is 1.16 bits per heavy atom. The van der Waals surface area contributed by atoms with E-state index in [1.807, 2.05) is 36.4 Å². The van der Waals surface area contributed by atoms with E-state index < -0.39 is 0 Å². The third-order valence-corrected chi connectivity index (χ3v) is 5.94. The summed E-state index contributed by atoms with van der Waals surface area (Å²) >= 11 is 3.50. The summed E-state index contributed by atoms with van der Waals surface area (Å²) in [7, 11) is 3.43. The molecule has 3 aromatic rings. The maximum absolute atomic E-state index is 6.10. The van der Waals surface area contributed by atoms with Crippen LogP contribution in [0.1, 0.15) is 12.8 Å². The van der Waals surface area contributed by atoms with Crippen molar-refractivity contribution >= 4 is 38.3 Å². The van der Waals surface area contributed by atoms with Crippen molar-refractivity contribution in [3.8, 4) is 11.5 Å². The van der Waals surface area contributed by atoms with Crippen LogP contribution in [0.25, 0.3) is 10.9 Å². The molecule has 31 heavy (non-hydrogen) atoms. The Morgan fingerprint density at radius 3 is 2.84 bits per heavy atom. The van der Waals surface area contributed by atoms with Gasteiger partial charge in [0.2, 0.25) is 0 Å². The predicted octanol–water partition coefficient (Wildman–Crippen LogP) is 4.63. The van der Waals surface area contributed by atoms with Gasteiger partial charge in [0.15, 0.2) is 11.5 Å². The molecule has 8 heteroatoms. The molecule has 0 saturated carbocycles. The fourth-order valence-corrected chi connectivity index (χ4v) is 4.20. The van der Waals surface area contributed by atoms with E-state index in [-0.39, 0.29) is 0 Å². The molecule has 2 aromatic carbocycles. The monoisotopic (exact) mass is 486 g/mol. The molecule has 0 aliphatic carbocycles. The van der Waals surface area contributed by atoms with E-state index in [9.17, 15) is 0 Å². The van der Waals surface area contributed by atoms with Crippen LogP contribution in [0.2, 0.25) is 0 Å². The first kappa shape index (κ1) is 21.8. The topological polar surface area (TPSA) is 68.7 Å². The zero-order valence-electron chi connectivity index (χ0n) is 17.8. The number of anilines is 2. The molecule has 1 aromatic heterocycles. The molecule has 1 atom stereocenters. The fraction of sp³-hybridized carbons (Fsp3) is 0.391. The van der Waals surface area contributed by atoms with Crippen LogP contribution < -0.4 is 14.8 Å². The lowest BCUT2D eigenvalue weighted by Gasteiger charge is -2.17. The third-order valence-electron chi connectivity index (χ3n) is 5.45. The number of methoxy groups -OCH3 is 2. The van der Waals surface area contributed by atoms with Crippen LogP contribution in [0.5, 0.6) is 11.5 Å². The van der Waals surface area contributed by atoms with E-state index in [0.717, 1.165) is 59.4 Å². The highest BCUT2D eigenvalue weighted by Crippen LogP contribution is 2.35. The molecule has 1 fully saturated rings. The van der Waals surface area contributed by atoms with E-state index in [1.54, 1.807) is 20.5 Å². The molecule has 0 radical (unpaired) electrons. The lowest BCUT2D eigenvalue weighted by Crippen LogP contribution is -2.25. The van der Waals surface area contributed by atoms with Gasteiger partial charge < -0.3 is 24.4 Å². The van der Waals surface area contributed by atoms with Crippen LogP contribution in [0.15, 0.2) is 47.2 Å². The molecular formula is C23H27BrN4O3. The van der Waals surface area contributed by atoms with Crippen LogP contribution in [-0.2, 0) is 4.74 Å². The lowest BCUT2D eigenvalue weighted by molar-refractivity contribution is 0.107. The number of nitrogens with zero attached hydrogens (tertiary/aromatic N) is 3. The molecule has 1 N–H and O–H groups in total. The maximum Gasteiger partial charge on any atom is 0.162 e. The van der Waals surface area contributed by atoms with Gasteiger partial charge in [-0.1, -0.05) is 22.0 Å². The summed E-state index contributed by atoms with van der Waals surface area (Å²) in [6.07, 6.45) is 3.94. The van der Waals surface area contributed by atoms with Crippen molar-refractivity contribution in [2.45, 2.75) is 18.9 Å². The smallest absolute Gasteiger partial charge is 0.162 e. The van der Waals surface area contributed by atoms with Gasteiger partial charge in [-0.05, 0) is 37.1 Å². The number of nitrogens with one attached hydrogen (secondary N) is 1. The van der Waals surface area contributed by atoms with Gasteiger partial charge in [0, 0.05) is 48.4 Å². The first-order valence-corrected chi connectivity index (χ1v) is 11.2. The minimum atomic E-state index is 0.359. The van der Waals surface area contributed by atoms with Gasteiger partial charge >= 0.3 is 0 Å². The van der Waals surface area contributed by atoms with E-state index in [4.69, 9.17) is 14.2 Å². The van der Waals surface area contributed by atoms with Gasteiger partial charge in [0.25, 0.3) is 0 Å². The third kappa shape index (κ3) is 5.44. The molecule has 7 nitrogen and oxygen atoms in total. The van der Waals surface area contributed by atoms with Crippen molar-refractivity contribution in [3.63, 3.8) is 0 Å². The summed E-state index contributed by atoms with van der Waals surface area (Å²) in [5, 5.41) is 4.25. The second-order valence-electron chi connectivity index (χ2n) is 7.53. The Hall–Kier alpha value is -2.42. The molecule has 0 amide bonds. The zero-order chi connectivity index (χ0) is 21.6. The number of fused-ring (bicyclic) bond motifs is 1. The Kier molecular flexibility index (Phi) is 7.21. The van der Waals surface area contributed by atoms with Crippen LogP contribution in [0.3, 0.4) is 0 Å². The number of hydrogen-bond donors (Lipinski definition) is 1. The first-order valence-electron chi connectivity index (χ1n) is 10.4. The maximum atomic E-state index is 6.10. The summed E-state index contributed by atoms with van der Waals surface area (Å²) in [4.78, 5) is 11.3. The number of aromatic nitrogens is 2. The van der Waals surface area contributed by atoms with Crippen LogP contribution >= 0.6 is 15.9 Å². The molecule has 1 aliphatic rings. The Morgan fingerprint density at radius 2 is 2.06 bits per heavy atom. The molecule has 0 bridgehead atoms. The summed E-state index contributed by atoms with van der Waals surface area (Å²) in [5.41, 5.74) is 1.73. The molecule has 0 unspecified atom stereocenters. The fourth-order valence-electron chi connectivity index (χ4n) is 3.80. The van der Waals surface area contributed by atoms with Gasteiger partial charge in [-0.25, -0.2) is 9.97 Å². The van der Waals surface area contributed by atoms with Crippen LogP contribution in [0, 0.1) is 0 Å². The predicted molar refractivity (Wildman–Crippen MR) is 125 cm³/mol.